The molecule has 0 saturated carbocycles. The van der Waals surface area contributed by atoms with Crippen LogP contribution in [0.25, 0.3) is 0 Å². The predicted octanol–water partition coefficient (Wildman–Crippen LogP) is 1.83. The van der Waals surface area contributed by atoms with E-state index in [0.29, 0.717) is 0 Å². The summed E-state index contributed by atoms with van der Waals surface area (Å²) in [5.41, 5.74) is 0. The molecule has 16 heavy (non-hydrogen) atoms. The van der Waals surface area contributed by atoms with Crippen molar-refractivity contribution in [2.24, 2.45) is 0 Å². The number of unbranched alkanes of at least 4 members (excludes halogenated alkanes) is 2. The SMILES string of the molecule is CCCCCOCCN1CCN(CC)CC1. The Morgan fingerprint density at radius 1 is 0.875 bits per heavy atom. The Hall–Kier alpha value is -0.120. The van der Waals surface area contributed by atoms with E-state index >= 15 is 0 Å². The Labute approximate surface area is 101 Å². The minimum absolute atomic E-state index is 0.913. The summed E-state index contributed by atoms with van der Waals surface area (Å²) in [6.45, 7) is 13.5. The highest BCUT2D eigenvalue weighted by molar-refractivity contribution is 4.70. The van der Waals surface area contributed by atoms with Crippen molar-refractivity contribution in [3.05, 3.63) is 0 Å². The molecule has 0 unspecified atom stereocenters. The molecule has 0 atom stereocenters. The first-order valence-electron chi connectivity index (χ1n) is 6.89. The van der Waals surface area contributed by atoms with Crippen LogP contribution in [0.1, 0.15) is 33.1 Å². The first kappa shape index (κ1) is 13.9. The van der Waals surface area contributed by atoms with E-state index in [1.54, 1.807) is 0 Å². The molecule has 1 saturated heterocycles. The van der Waals surface area contributed by atoms with Crippen LogP contribution < -0.4 is 0 Å². The first-order valence-corrected chi connectivity index (χ1v) is 6.89. The molecular weight excluding hydrogens is 200 g/mol. The minimum atomic E-state index is 0.913. The second kappa shape index (κ2) is 8.97. The van der Waals surface area contributed by atoms with Crippen LogP contribution >= 0.6 is 0 Å². The van der Waals surface area contributed by atoms with E-state index in [9.17, 15) is 0 Å². The maximum absolute atomic E-state index is 5.64. The average Bonchev–Trinajstić information content (AvgIpc) is 2.34. The molecule has 0 aromatic rings. The van der Waals surface area contributed by atoms with Crippen molar-refractivity contribution < 1.29 is 4.74 Å². The number of nitrogens with zero attached hydrogens (tertiary/aromatic N) is 2. The van der Waals surface area contributed by atoms with Gasteiger partial charge in [0, 0.05) is 39.3 Å². The second-order valence-electron chi connectivity index (χ2n) is 4.60. The summed E-state index contributed by atoms with van der Waals surface area (Å²) < 4.78 is 5.64. The van der Waals surface area contributed by atoms with Gasteiger partial charge in [-0.25, -0.2) is 0 Å². The molecule has 0 aliphatic carbocycles. The number of piperazine rings is 1. The van der Waals surface area contributed by atoms with Crippen LogP contribution in [-0.4, -0.2) is 62.3 Å². The van der Waals surface area contributed by atoms with Crippen LogP contribution in [0.15, 0.2) is 0 Å². The smallest absolute Gasteiger partial charge is 0.0593 e. The van der Waals surface area contributed by atoms with Crippen molar-refractivity contribution in [2.75, 3.05) is 52.5 Å². The topological polar surface area (TPSA) is 15.7 Å². The molecule has 0 amide bonds. The van der Waals surface area contributed by atoms with E-state index < -0.39 is 0 Å². The Bertz CT molecular complexity index is 156. The lowest BCUT2D eigenvalue weighted by Gasteiger charge is -2.33. The van der Waals surface area contributed by atoms with Crippen molar-refractivity contribution in [2.45, 2.75) is 33.1 Å². The largest absolute Gasteiger partial charge is 0.380 e. The van der Waals surface area contributed by atoms with Gasteiger partial charge in [0.15, 0.2) is 0 Å². The quantitative estimate of drug-likeness (QED) is 0.590. The van der Waals surface area contributed by atoms with Crippen molar-refractivity contribution in [3.8, 4) is 0 Å². The fraction of sp³-hybridized carbons (Fsp3) is 1.00. The Morgan fingerprint density at radius 2 is 1.56 bits per heavy atom. The highest BCUT2D eigenvalue weighted by Gasteiger charge is 2.14. The van der Waals surface area contributed by atoms with Crippen LogP contribution in [0.2, 0.25) is 0 Å². The van der Waals surface area contributed by atoms with Crippen LogP contribution in [0, 0.1) is 0 Å². The summed E-state index contributed by atoms with van der Waals surface area (Å²) in [6.07, 6.45) is 3.80. The van der Waals surface area contributed by atoms with Crippen molar-refractivity contribution in [3.63, 3.8) is 0 Å². The third-order valence-corrected chi connectivity index (χ3v) is 3.36. The second-order valence-corrected chi connectivity index (χ2v) is 4.60. The zero-order chi connectivity index (χ0) is 11.6. The summed E-state index contributed by atoms with van der Waals surface area (Å²) in [5.74, 6) is 0. The molecule has 1 fully saturated rings. The third kappa shape index (κ3) is 5.83. The fourth-order valence-corrected chi connectivity index (χ4v) is 2.08. The Kier molecular flexibility index (Phi) is 7.81. The van der Waals surface area contributed by atoms with Crippen molar-refractivity contribution in [1.29, 1.82) is 0 Å². The molecule has 1 rings (SSSR count). The van der Waals surface area contributed by atoms with Crippen molar-refractivity contribution in [1.82, 2.24) is 9.80 Å². The standard InChI is InChI=1S/C13H28N2O/c1-3-5-6-12-16-13-11-15-9-7-14(4-2)8-10-15/h3-13H2,1-2H3. The number of hydrogen-bond acceptors (Lipinski definition) is 3. The average molecular weight is 228 g/mol. The number of likely N-dealkylation sites (N-methyl/N-ethyl adjacent to an activating group) is 1. The van der Waals surface area contributed by atoms with Gasteiger partial charge in [-0.15, -0.1) is 0 Å². The monoisotopic (exact) mass is 228 g/mol. The van der Waals surface area contributed by atoms with Gasteiger partial charge in [-0.3, -0.25) is 4.90 Å². The predicted molar refractivity (Wildman–Crippen MR) is 68.9 cm³/mol. The van der Waals surface area contributed by atoms with Crippen LogP contribution in [-0.2, 0) is 4.74 Å². The number of ether oxygens (including phenoxy) is 1. The summed E-state index contributed by atoms with van der Waals surface area (Å²) >= 11 is 0. The summed E-state index contributed by atoms with van der Waals surface area (Å²) in [6, 6.07) is 0. The molecule has 0 bridgehead atoms. The molecule has 1 aliphatic heterocycles. The zero-order valence-corrected chi connectivity index (χ0v) is 11.1. The molecule has 3 nitrogen and oxygen atoms in total. The number of hydrogen-bond donors (Lipinski definition) is 0. The molecule has 0 radical (unpaired) electrons. The van der Waals surface area contributed by atoms with E-state index in [2.05, 4.69) is 23.6 Å². The molecule has 0 spiro atoms. The fourth-order valence-electron chi connectivity index (χ4n) is 2.08. The van der Waals surface area contributed by atoms with Gasteiger partial charge >= 0.3 is 0 Å². The van der Waals surface area contributed by atoms with Gasteiger partial charge < -0.3 is 9.64 Å². The van der Waals surface area contributed by atoms with Gasteiger partial charge in [-0.1, -0.05) is 26.7 Å². The molecular formula is C13H28N2O. The van der Waals surface area contributed by atoms with Crippen LogP contribution in [0.4, 0.5) is 0 Å². The van der Waals surface area contributed by atoms with Gasteiger partial charge in [0.05, 0.1) is 6.61 Å². The van der Waals surface area contributed by atoms with E-state index in [1.807, 2.05) is 0 Å². The summed E-state index contributed by atoms with van der Waals surface area (Å²) in [7, 11) is 0. The summed E-state index contributed by atoms with van der Waals surface area (Å²) in [4.78, 5) is 5.03. The molecule has 0 aromatic carbocycles. The van der Waals surface area contributed by atoms with Gasteiger partial charge in [-0.05, 0) is 13.0 Å². The van der Waals surface area contributed by atoms with Gasteiger partial charge in [0.25, 0.3) is 0 Å². The highest BCUT2D eigenvalue weighted by Crippen LogP contribution is 2.01. The molecule has 96 valence electrons. The first-order chi connectivity index (χ1) is 7.86. The maximum Gasteiger partial charge on any atom is 0.0593 e. The number of rotatable bonds is 8. The van der Waals surface area contributed by atoms with E-state index in [1.165, 1.54) is 52.0 Å². The lowest BCUT2D eigenvalue weighted by molar-refractivity contribution is 0.0755. The molecule has 0 N–H and O–H groups in total. The lowest BCUT2D eigenvalue weighted by atomic mass is 10.3. The highest BCUT2D eigenvalue weighted by atomic mass is 16.5. The van der Waals surface area contributed by atoms with Crippen LogP contribution in [0.5, 0.6) is 0 Å². The van der Waals surface area contributed by atoms with Crippen LogP contribution in [0.3, 0.4) is 0 Å². The van der Waals surface area contributed by atoms with Gasteiger partial charge in [0.1, 0.15) is 0 Å². The molecule has 0 aromatic heterocycles. The van der Waals surface area contributed by atoms with E-state index in [4.69, 9.17) is 4.74 Å². The summed E-state index contributed by atoms with van der Waals surface area (Å²) in [5, 5.41) is 0. The minimum Gasteiger partial charge on any atom is -0.380 e. The zero-order valence-electron chi connectivity index (χ0n) is 11.1. The molecule has 1 heterocycles. The third-order valence-electron chi connectivity index (χ3n) is 3.36. The van der Waals surface area contributed by atoms with Gasteiger partial charge in [-0.2, -0.15) is 0 Å². The Balaban J connectivity index is 1.90. The van der Waals surface area contributed by atoms with E-state index in [0.717, 1.165) is 19.8 Å². The van der Waals surface area contributed by atoms with Crippen molar-refractivity contribution >= 4 is 0 Å². The van der Waals surface area contributed by atoms with Gasteiger partial charge in [0.2, 0.25) is 0 Å². The normalized spacial score (nSPS) is 19.1. The maximum atomic E-state index is 5.64. The Morgan fingerprint density at radius 3 is 2.19 bits per heavy atom. The molecule has 3 heteroatoms. The molecule has 1 aliphatic rings. The lowest BCUT2D eigenvalue weighted by Crippen LogP contribution is -2.47. The van der Waals surface area contributed by atoms with E-state index in [-0.39, 0.29) is 0 Å².